The van der Waals surface area contributed by atoms with Gasteiger partial charge in [0.25, 0.3) is 0 Å². The minimum absolute atomic E-state index is 0.199. The molecule has 2 aliphatic heterocycles. The normalized spacial score (nSPS) is 18.9. The van der Waals surface area contributed by atoms with E-state index in [0.717, 1.165) is 30.3 Å². The van der Waals surface area contributed by atoms with Gasteiger partial charge in [0.15, 0.2) is 0 Å². The Labute approximate surface area is 179 Å². The molecule has 0 aliphatic carbocycles. The SMILES string of the molecule is Cc1cnc(Oc2ccc(OCC3CO3)cc2)nc1Oc1ccc(OCC2CO2)cc1. The predicted octanol–water partition coefficient (Wildman–Crippen LogP) is 3.92. The smallest absolute Gasteiger partial charge is 0.325 e. The summed E-state index contributed by atoms with van der Waals surface area (Å²) in [6.45, 7) is 4.54. The van der Waals surface area contributed by atoms with Crippen molar-refractivity contribution in [2.24, 2.45) is 0 Å². The van der Waals surface area contributed by atoms with E-state index < -0.39 is 0 Å². The summed E-state index contributed by atoms with van der Waals surface area (Å²) in [5.74, 6) is 3.20. The number of aryl methyl sites for hydroxylation is 1. The Morgan fingerprint density at radius 1 is 0.774 bits per heavy atom. The van der Waals surface area contributed by atoms with Crippen LogP contribution in [0.25, 0.3) is 0 Å². The van der Waals surface area contributed by atoms with Gasteiger partial charge in [-0.3, -0.25) is 0 Å². The van der Waals surface area contributed by atoms with Gasteiger partial charge in [-0.2, -0.15) is 4.98 Å². The first-order valence-corrected chi connectivity index (χ1v) is 10.1. The molecule has 0 bridgehead atoms. The third kappa shape index (κ3) is 5.62. The summed E-state index contributed by atoms with van der Waals surface area (Å²) in [4.78, 5) is 8.63. The van der Waals surface area contributed by atoms with Gasteiger partial charge < -0.3 is 28.4 Å². The van der Waals surface area contributed by atoms with E-state index in [1.54, 1.807) is 18.3 Å². The highest BCUT2D eigenvalue weighted by atomic mass is 16.6. The van der Waals surface area contributed by atoms with E-state index in [0.29, 0.717) is 30.6 Å². The van der Waals surface area contributed by atoms with Crippen LogP contribution in [0.15, 0.2) is 54.7 Å². The molecule has 3 heterocycles. The van der Waals surface area contributed by atoms with Gasteiger partial charge in [0.2, 0.25) is 5.88 Å². The minimum atomic E-state index is 0.199. The zero-order valence-corrected chi connectivity index (χ0v) is 17.0. The van der Waals surface area contributed by atoms with Crippen LogP contribution in [0, 0.1) is 6.92 Å². The quantitative estimate of drug-likeness (QED) is 0.454. The van der Waals surface area contributed by atoms with E-state index in [-0.39, 0.29) is 18.2 Å². The number of ether oxygens (including phenoxy) is 6. The van der Waals surface area contributed by atoms with E-state index in [2.05, 4.69) is 9.97 Å². The van der Waals surface area contributed by atoms with Crippen LogP contribution in [0.5, 0.6) is 34.9 Å². The first kappa shape index (κ1) is 19.6. The summed E-state index contributed by atoms with van der Waals surface area (Å²) in [5.41, 5.74) is 0.796. The van der Waals surface area contributed by atoms with E-state index in [1.165, 1.54) is 0 Å². The average Bonchev–Trinajstić information content (AvgIpc) is 3.70. The molecule has 8 heteroatoms. The lowest BCUT2D eigenvalue weighted by molar-refractivity contribution is 0.262. The Balaban J connectivity index is 1.20. The summed E-state index contributed by atoms with van der Waals surface area (Å²) in [6, 6.07) is 14.8. The molecule has 0 N–H and O–H groups in total. The standard InChI is InChI=1S/C23H22N2O6/c1-15-10-24-23(31-19-8-4-17(5-9-19)27-12-21-14-29-21)25-22(15)30-18-6-2-16(3-7-18)26-11-20-13-28-20/h2-10,20-21H,11-14H2,1H3. The molecule has 160 valence electrons. The van der Waals surface area contributed by atoms with Gasteiger partial charge in [0, 0.05) is 11.8 Å². The summed E-state index contributed by atoms with van der Waals surface area (Å²) in [5, 5.41) is 0. The second-order valence-electron chi connectivity index (χ2n) is 7.32. The Morgan fingerprint density at radius 3 is 1.77 bits per heavy atom. The fourth-order valence-corrected chi connectivity index (χ4v) is 2.70. The predicted molar refractivity (Wildman–Crippen MR) is 110 cm³/mol. The highest BCUT2D eigenvalue weighted by molar-refractivity contribution is 5.37. The van der Waals surface area contributed by atoms with Gasteiger partial charge in [0.1, 0.15) is 48.4 Å². The molecule has 31 heavy (non-hydrogen) atoms. The molecule has 2 fully saturated rings. The fraction of sp³-hybridized carbons (Fsp3) is 0.304. The highest BCUT2D eigenvalue weighted by Crippen LogP contribution is 2.28. The lowest BCUT2D eigenvalue weighted by Gasteiger charge is -2.11. The lowest BCUT2D eigenvalue weighted by atomic mass is 10.3. The third-order valence-electron chi connectivity index (χ3n) is 4.65. The highest BCUT2D eigenvalue weighted by Gasteiger charge is 2.23. The summed E-state index contributed by atoms with van der Waals surface area (Å²) >= 11 is 0. The van der Waals surface area contributed by atoms with Crippen molar-refractivity contribution >= 4 is 0 Å². The molecule has 0 saturated carbocycles. The molecular weight excluding hydrogens is 400 g/mol. The Hall–Kier alpha value is -3.36. The van der Waals surface area contributed by atoms with Crippen molar-refractivity contribution in [1.82, 2.24) is 9.97 Å². The summed E-state index contributed by atoms with van der Waals surface area (Å²) in [7, 11) is 0. The lowest BCUT2D eigenvalue weighted by Crippen LogP contribution is -2.03. The van der Waals surface area contributed by atoms with E-state index in [4.69, 9.17) is 28.4 Å². The van der Waals surface area contributed by atoms with E-state index in [1.807, 2.05) is 43.3 Å². The molecule has 2 aliphatic rings. The zero-order chi connectivity index (χ0) is 21.0. The van der Waals surface area contributed by atoms with Crippen molar-refractivity contribution in [2.75, 3.05) is 26.4 Å². The molecule has 2 unspecified atom stereocenters. The first-order chi connectivity index (χ1) is 15.2. The van der Waals surface area contributed by atoms with Crippen LogP contribution < -0.4 is 18.9 Å². The largest absolute Gasteiger partial charge is 0.491 e. The molecule has 5 rings (SSSR count). The van der Waals surface area contributed by atoms with Crippen molar-refractivity contribution < 1.29 is 28.4 Å². The fourth-order valence-electron chi connectivity index (χ4n) is 2.70. The monoisotopic (exact) mass is 422 g/mol. The molecule has 0 amide bonds. The van der Waals surface area contributed by atoms with Crippen molar-refractivity contribution in [3.8, 4) is 34.9 Å². The second-order valence-corrected chi connectivity index (χ2v) is 7.32. The Bertz CT molecular complexity index is 1020. The summed E-state index contributed by atoms with van der Waals surface area (Å²) in [6.07, 6.45) is 2.10. The zero-order valence-electron chi connectivity index (χ0n) is 17.0. The van der Waals surface area contributed by atoms with Crippen LogP contribution in [0.4, 0.5) is 0 Å². The minimum Gasteiger partial charge on any atom is -0.491 e. The first-order valence-electron chi connectivity index (χ1n) is 10.1. The molecule has 0 spiro atoms. The van der Waals surface area contributed by atoms with Crippen molar-refractivity contribution in [3.05, 3.63) is 60.3 Å². The maximum Gasteiger partial charge on any atom is 0.325 e. The number of aromatic nitrogens is 2. The number of nitrogens with zero attached hydrogens (tertiary/aromatic N) is 2. The van der Waals surface area contributed by atoms with Crippen LogP contribution in [-0.2, 0) is 9.47 Å². The number of hydrogen-bond donors (Lipinski definition) is 0. The maximum atomic E-state index is 5.92. The van der Waals surface area contributed by atoms with Gasteiger partial charge in [-0.15, -0.1) is 0 Å². The molecule has 2 saturated heterocycles. The van der Waals surface area contributed by atoms with Gasteiger partial charge >= 0.3 is 6.01 Å². The third-order valence-corrected chi connectivity index (χ3v) is 4.65. The topological polar surface area (TPSA) is 87.8 Å². The van der Waals surface area contributed by atoms with Gasteiger partial charge in [-0.25, -0.2) is 4.98 Å². The number of epoxide rings is 2. The Kier molecular flexibility index (Phi) is 5.56. The average molecular weight is 422 g/mol. The molecule has 1 aromatic heterocycles. The van der Waals surface area contributed by atoms with Crippen molar-refractivity contribution in [3.63, 3.8) is 0 Å². The van der Waals surface area contributed by atoms with Gasteiger partial charge in [0.05, 0.1) is 13.2 Å². The van der Waals surface area contributed by atoms with Crippen LogP contribution in [0.2, 0.25) is 0 Å². The molecular formula is C23H22N2O6. The van der Waals surface area contributed by atoms with Crippen LogP contribution >= 0.6 is 0 Å². The van der Waals surface area contributed by atoms with E-state index in [9.17, 15) is 0 Å². The number of rotatable bonds is 10. The van der Waals surface area contributed by atoms with Gasteiger partial charge in [-0.1, -0.05) is 0 Å². The molecule has 0 radical (unpaired) electrons. The molecule has 2 atom stereocenters. The molecule has 8 nitrogen and oxygen atoms in total. The van der Waals surface area contributed by atoms with Crippen LogP contribution in [-0.4, -0.2) is 48.6 Å². The number of hydrogen-bond acceptors (Lipinski definition) is 8. The van der Waals surface area contributed by atoms with Gasteiger partial charge in [-0.05, 0) is 55.5 Å². The summed E-state index contributed by atoms with van der Waals surface area (Å²) < 4.78 is 33.2. The van der Waals surface area contributed by atoms with Crippen molar-refractivity contribution in [1.29, 1.82) is 0 Å². The van der Waals surface area contributed by atoms with Crippen molar-refractivity contribution in [2.45, 2.75) is 19.1 Å². The van der Waals surface area contributed by atoms with Crippen LogP contribution in [0.3, 0.4) is 0 Å². The van der Waals surface area contributed by atoms with Crippen LogP contribution in [0.1, 0.15) is 5.56 Å². The molecule has 2 aromatic carbocycles. The number of benzene rings is 2. The maximum absolute atomic E-state index is 5.92. The van der Waals surface area contributed by atoms with E-state index >= 15 is 0 Å². The Morgan fingerprint density at radius 2 is 1.26 bits per heavy atom. The molecule has 3 aromatic rings. The second kappa shape index (κ2) is 8.79.